The van der Waals surface area contributed by atoms with Gasteiger partial charge in [0, 0.05) is 4.47 Å². The molecule has 0 N–H and O–H groups in total. The zero-order valence-corrected chi connectivity index (χ0v) is 22.3. The predicted molar refractivity (Wildman–Crippen MR) is 134 cm³/mol. The molecule has 2 aromatic carbocycles. The number of nitrogens with zero attached hydrogens (tertiary/aromatic N) is 1. The summed E-state index contributed by atoms with van der Waals surface area (Å²) in [7, 11) is 1.41. The Hall–Kier alpha value is -2.63. The Labute approximate surface area is 216 Å². The Morgan fingerprint density at radius 2 is 1.82 bits per heavy atom. The molecule has 0 spiro atoms. The molecule has 2 aromatic rings. The van der Waals surface area contributed by atoms with Crippen LogP contribution in [0.15, 0.2) is 50.2 Å². The molecule has 1 aliphatic rings. The van der Waals surface area contributed by atoms with E-state index in [0.29, 0.717) is 31.8 Å². The standard InChI is InChI=1S/C23H19Br2NO7S/c1-12(2)32-19(27)11-26-21(28)18(34-23(26)30)10-13-8-16(25)20(17(9-13)31-3)33-22(29)14-6-4-5-7-15(14)24/h4-10,12H,11H2,1-3H3/b18-10-. The number of rotatable bonds is 7. The highest BCUT2D eigenvalue weighted by molar-refractivity contribution is 9.10. The molecule has 8 nitrogen and oxygen atoms in total. The highest BCUT2D eigenvalue weighted by Crippen LogP contribution is 2.39. The number of methoxy groups -OCH3 is 1. The van der Waals surface area contributed by atoms with E-state index in [9.17, 15) is 19.2 Å². The molecule has 0 aromatic heterocycles. The lowest BCUT2D eigenvalue weighted by molar-refractivity contribution is -0.149. The van der Waals surface area contributed by atoms with Gasteiger partial charge in [0.15, 0.2) is 11.5 Å². The average Bonchev–Trinajstić information content (AvgIpc) is 3.02. The first kappa shape index (κ1) is 26.0. The van der Waals surface area contributed by atoms with Crippen LogP contribution in [-0.2, 0) is 14.3 Å². The lowest BCUT2D eigenvalue weighted by atomic mass is 10.1. The van der Waals surface area contributed by atoms with Gasteiger partial charge in [0.05, 0.1) is 28.2 Å². The number of ether oxygens (including phenoxy) is 3. The van der Waals surface area contributed by atoms with Crippen molar-refractivity contribution >= 4 is 72.8 Å². The molecule has 2 amide bonds. The van der Waals surface area contributed by atoms with Crippen LogP contribution in [-0.4, -0.2) is 47.7 Å². The van der Waals surface area contributed by atoms with Crippen LogP contribution in [0.1, 0.15) is 29.8 Å². The zero-order valence-electron chi connectivity index (χ0n) is 18.3. The molecular formula is C23H19Br2NO7S. The Bertz CT molecular complexity index is 1200. The number of imide groups is 1. The number of amides is 2. The molecule has 0 radical (unpaired) electrons. The fraction of sp³-hybridized carbons (Fsp3) is 0.217. The molecule has 0 unspecified atom stereocenters. The molecule has 1 aliphatic heterocycles. The van der Waals surface area contributed by atoms with E-state index < -0.39 is 29.6 Å². The van der Waals surface area contributed by atoms with E-state index in [2.05, 4.69) is 31.9 Å². The van der Waals surface area contributed by atoms with Gasteiger partial charge in [-0.05, 0) is 93.4 Å². The Kier molecular flexibility index (Phi) is 8.56. The molecule has 178 valence electrons. The summed E-state index contributed by atoms with van der Waals surface area (Å²) in [6, 6.07) is 10.0. The van der Waals surface area contributed by atoms with Gasteiger partial charge in [0.25, 0.3) is 11.1 Å². The fourth-order valence-corrected chi connectivity index (χ4v) is 4.74. The van der Waals surface area contributed by atoms with Crippen molar-refractivity contribution < 1.29 is 33.4 Å². The van der Waals surface area contributed by atoms with Crippen LogP contribution in [0.25, 0.3) is 6.08 Å². The number of benzene rings is 2. The summed E-state index contributed by atoms with van der Waals surface area (Å²) in [5, 5.41) is -0.568. The number of carbonyl (C=O) groups is 4. The van der Waals surface area contributed by atoms with Gasteiger partial charge in [-0.15, -0.1) is 0 Å². The average molecular weight is 613 g/mol. The van der Waals surface area contributed by atoms with Crippen LogP contribution in [0.2, 0.25) is 0 Å². The number of carbonyl (C=O) groups excluding carboxylic acids is 4. The van der Waals surface area contributed by atoms with Crippen molar-refractivity contribution in [1.82, 2.24) is 4.90 Å². The number of esters is 2. The normalized spacial score (nSPS) is 14.6. The maximum absolute atomic E-state index is 12.7. The van der Waals surface area contributed by atoms with Crippen LogP contribution in [0, 0.1) is 0 Å². The van der Waals surface area contributed by atoms with Crippen LogP contribution >= 0.6 is 43.6 Å². The summed E-state index contributed by atoms with van der Waals surface area (Å²) in [4.78, 5) is 50.4. The number of halogens is 2. The quantitative estimate of drug-likeness (QED) is 0.232. The molecule has 1 fully saturated rings. The minimum Gasteiger partial charge on any atom is -0.493 e. The molecule has 3 rings (SSSR count). The lowest BCUT2D eigenvalue weighted by Crippen LogP contribution is -2.35. The molecule has 1 heterocycles. The van der Waals surface area contributed by atoms with Gasteiger partial charge >= 0.3 is 11.9 Å². The zero-order chi connectivity index (χ0) is 25.0. The van der Waals surface area contributed by atoms with E-state index in [1.54, 1.807) is 50.2 Å². The number of thioether (sulfide) groups is 1. The van der Waals surface area contributed by atoms with Crippen LogP contribution in [0.3, 0.4) is 0 Å². The van der Waals surface area contributed by atoms with Gasteiger partial charge in [0.1, 0.15) is 6.54 Å². The van der Waals surface area contributed by atoms with Crippen LogP contribution in [0.4, 0.5) is 4.79 Å². The number of hydrogen-bond acceptors (Lipinski definition) is 8. The molecule has 11 heteroatoms. The Morgan fingerprint density at radius 3 is 2.47 bits per heavy atom. The SMILES string of the molecule is COc1cc(/C=C2\SC(=O)N(CC(=O)OC(C)C)C2=O)cc(Br)c1OC(=O)c1ccccc1Br. The highest BCUT2D eigenvalue weighted by atomic mass is 79.9. The Balaban J connectivity index is 1.83. The maximum Gasteiger partial charge on any atom is 0.344 e. The van der Waals surface area contributed by atoms with Crippen molar-refractivity contribution in [2.75, 3.05) is 13.7 Å². The summed E-state index contributed by atoms with van der Waals surface area (Å²) >= 11 is 7.41. The first-order valence-electron chi connectivity index (χ1n) is 9.89. The second-order valence-electron chi connectivity index (χ2n) is 7.21. The largest absolute Gasteiger partial charge is 0.493 e. The van der Waals surface area contributed by atoms with Gasteiger partial charge in [-0.2, -0.15) is 0 Å². The van der Waals surface area contributed by atoms with Crippen molar-refractivity contribution in [3.8, 4) is 11.5 Å². The third-order valence-electron chi connectivity index (χ3n) is 4.37. The van der Waals surface area contributed by atoms with E-state index in [1.165, 1.54) is 13.2 Å². The van der Waals surface area contributed by atoms with E-state index in [4.69, 9.17) is 14.2 Å². The summed E-state index contributed by atoms with van der Waals surface area (Å²) < 4.78 is 16.9. The molecule has 34 heavy (non-hydrogen) atoms. The van der Waals surface area contributed by atoms with Crippen molar-refractivity contribution in [2.24, 2.45) is 0 Å². The van der Waals surface area contributed by atoms with Gasteiger partial charge in [-0.25, -0.2) is 4.79 Å². The first-order valence-corrected chi connectivity index (χ1v) is 12.3. The monoisotopic (exact) mass is 611 g/mol. The van der Waals surface area contributed by atoms with E-state index in [0.717, 1.165) is 4.90 Å². The van der Waals surface area contributed by atoms with Crippen molar-refractivity contribution in [3.63, 3.8) is 0 Å². The third-order valence-corrected chi connectivity index (χ3v) is 6.55. The third kappa shape index (κ3) is 6.08. The minimum atomic E-state index is -0.667. The number of hydrogen-bond donors (Lipinski definition) is 0. The van der Waals surface area contributed by atoms with E-state index >= 15 is 0 Å². The molecule has 0 aliphatic carbocycles. The second kappa shape index (κ2) is 11.2. The van der Waals surface area contributed by atoms with Crippen molar-refractivity contribution in [1.29, 1.82) is 0 Å². The lowest BCUT2D eigenvalue weighted by Gasteiger charge is -2.14. The topological polar surface area (TPSA) is 99.2 Å². The summed E-state index contributed by atoms with van der Waals surface area (Å²) in [6.45, 7) is 2.89. The summed E-state index contributed by atoms with van der Waals surface area (Å²) in [5.74, 6) is -1.46. The molecular weight excluding hydrogens is 594 g/mol. The van der Waals surface area contributed by atoms with E-state index in [-0.39, 0.29) is 22.5 Å². The fourth-order valence-electron chi connectivity index (χ4n) is 2.91. The maximum atomic E-state index is 12.7. The summed E-state index contributed by atoms with van der Waals surface area (Å²) in [6.07, 6.45) is 1.13. The minimum absolute atomic E-state index is 0.134. The van der Waals surface area contributed by atoms with E-state index in [1.807, 2.05) is 0 Å². The molecule has 0 atom stereocenters. The van der Waals surface area contributed by atoms with Crippen LogP contribution < -0.4 is 9.47 Å². The van der Waals surface area contributed by atoms with Crippen molar-refractivity contribution in [2.45, 2.75) is 20.0 Å². The highest BCUT2D eigenvalue weighted by Gasteiger charge is 2.37. The molecule has 1 saturated heterocycles. The van der Waals surface area contributed by atoms with Crippen molar-refractivity contribution in [3.05, 3.63) is 61.4 Å². The molecule has 0 saturated carbocycles. The molecule has 0 bridgehead atoms. The second-order valence-corrected chi connectivity index (χ2v) is 9.91. The van der Waals surface area contributed by atoms with Crippen LogP contribution in [0.5, 0.6) is 11.5 Å². The van der Waals surface area contributed by atoms with Gasteiger partial charge in [-0.1, -0.05) is 12.1 Å². The smallest absolute Gasteiger partial charge is 0.344 e. The Morgan fingerprint density at radius 1 is 1.12 bits per heavy atom. The first-order chi connectivity index (χ1) is 16.1. The van der Waals surface area contributed by atoms with Gasteiger partial charge in [-0.3, -0.25) is 19.3 Å². The van der Waals surface area contributed by atoms with Gasteiger partial charge < -0.3 is 14.2 Å². The summed E-state index contributed by atoms with van der Waals surface area (Å²) in [5.41, 5.74) is 0.852. The van der Waals surface area contributed by atoms with Gasteiger partial charge in [0.2, 0.25) is 0 Å². The predicted octanol–water partition coefficient (Wildman–Crippen LogP) is 5.43.